The lowest BCUT2D eigenvalue weighted by Crippen LogP contribution is -2.14. The van der Waals surface area contributed by atoms with Crippen molar-refractivity contribution < 1.29 is 27.6 Å². The normalized spacial score (nSPS) is 12.4. The lowest BCUT2D eigenvalue weighted by Gasteiger charge is -2.21. The van der Waals surface area contributed by atoms with Crippen LogP contribution < -0.4 is 5.73 Å². The van der Waals surface area contributed by atoms with Crippen molar-refractivity contribution in [3.05, 3.63) is 22.6 Å². The molecular formula is C17H30NO6P. The van der Waals surface area contributed by atoms with Crippen LogP contribution >= 0.6 is 7.60 Å². The zero-order valence-electron chi connectivity index (χ0n) is 16.0. The fourth-order valence-corrected chi connectivity index (χ4v) is 4.33. The summed E-state index contributed by atoms with van der Waals surface area (Å²) < 4.78 is 34.7. The average Bonchev–Trinajstić information content (AvgIpc) is 2.86. The Kier molecular flexibility index (Phi) is 7.88. The van der Waals surface area contributed by atoms with Crippen LogP contribution in [0, 0.1) is 0 Å². The molecule has 8 heteroatoms. The van der Waals surface area contributed by atoms with Crippen LogP contribution in [0.2, 0.25) is 0 Å². The van der Waals surface area contributed by atoms with E-state index in [0.717, 1.165) is 0 Å². The van der Waals surface area contributed by atoms with Gasteiger partial charge in [-0.05, 0) is 20.8 Å². The number of ether oxygens (including phenoxy) is 1. The van der Waals surface area contributed by atoms with Crippen molar-refractivity contribution in [1.29, 1.82) is 0 Å². The van der Waals surface area contributed by atoms with Gasteiger partial charge in [-0.15, -0.1) is 0 Å². The SMILES string of the molecule is CCOC(=O)c1oc(C(C)(C)C)c(CP(=O)(OCC)OCC)c1CN. The van der Waals surface area contributed by atoms with E-state index in [4.69, 9.17) is 23.9 Å². The van der Waals surface area contributed by atoms with Crippen LogP contribution in [-0.4, -0.2) is 25.8 Å². The smallest absolute Gasteiger partial charge is 0.374 e. The second-order valence-electron chi connectivity index (χ2n) is 6.50. The van der Waals surface area contributed by atoms with E-state index in [9.17, 15) is 9.36 Å². The molecular weight excluding hydrogens is 345 g/mol. The van der Waals surface area contributed by atoms with Gasteiger partial charge < -0.3 is 23.9 Å². The van der Waals surface area contributed by atoms with Crippen molar-refractivity contribution in [3.63, 3.8) is 0 Å². The molecule has 144 valence electrons. The maximum atomic E-state index is 13.0. The molecule has 1 heterocycles. The van der Waals surface area contributed by atoms with E-state index in [-0.39, 0.29) is 38.3 Å². The van der Waals surface area contributed by atoms with Gasteiger partial charge in [-0.1, -0.05) is 20.8 Å². The number of nitrogens with two attached hydrogens (primary N) is 1. The minimum absolute atomic E-state index is 0.00325. The predicted molar refractivity (Wildman–Crippen MR) is 95.8 cm³/mol. The molecule has 0 aliphatic rings. The Morgan fingerprint density at radius 1 is 1.08 bits per heavy atom. The van der Waals surface area contributed by atoms with Crippen LogP contribution in [0.1, 0.15) is 69.0 Å². The van der Waals surface area contributed by atoms with Crippen LogP contribution in [0.5, 0.6) is 0 Å². The molecule has 0 atom stereocenters. The van der Waals surface area contributed by atoms with E-state index in [1.807, 2.05) is 20.8 Å². The van der Waals surface area contributed by atoms with E-state index in [0.29, 0.717) is 16.9 Å². The first-order valence-electron chi connectivity index (χ1n) is 8.53. The topological polar surface area (TPSA) is 101 Å². The Morgan fingerprint density at radius 3 is 2.04 bits per heavy atom. The van der Waals surface area contributed by atoms with Gasteiger partial charge in [0.25, 0.3) is 0 Å². The first kappa shape index (κ1) is 21.9. The van der Waals surface area contributed by atoms with Crippen LogP contribution in [0.25, 0.3) is 0 Å². The maximum Gasteiger partial charge on any atom is 0.374 e. The van der Waals surface area contributed by atoms with E-state index >= 15 is 0 Å². The summed E-state index contributed by atoms with van der Waals surface area (Å²) in [4.78, 5) is 12.2. The molecule has 0 bridgehead atoms. The van der Waals surface area contributed by atoms with Gasteiger partial charge in [0.2, 0.25) is 5.76 Å². The van der Waals surface area contributed by atoms with Crippen molar-refractivity contribution in [2.24, 2.45) is 5.73 Å². The highest BCUT2D eigenvalue weighted by Crippen LogP contribution is 2.53. The number of carbonyl (C=O) groups excluding carboxylic acids is 1. The summed E-state index contributed by atoms with van der Waals surface area (Å²) in [6.45, 7) is 11.8. The molecule has 0 aliphatic heterocycles. The standard InChI is InChI=1S/C17H30NO6P/c1-7-21-16(19)14-12(10-18)13(15(24-14)17(4,5)6)11-25(20,22-8-2)23-9-3/h7-11,18H2,1-6H3. The van der Waals surface area contributed by atoms with Gasteiger partial charge in [-0.2, -0.15) is 0 Å². The number of carbonyl (C=O) groups is 1. The van der Waals surface area contributed by atoms with Crippen LogP contribution in [0.4, 0.5) is 0 Å². The quantitative estimate of drug-likeness (QED) is 0.514. The monoisotopic (exact) mass is 375 g/mol. The molecule has 0 aliphatic carbocycles. The number of hydrogen-bond donors (Lipinski definition) is 1. The summed E-state index contributed by atoms with van der Waals surface area (Å²) in [5, 5.41) is 0. The summed E-state index contributed by atoms with van der Waals surface area (Å²) in [6.07, 6.45) is -0.00325. The van der Waals surface area contributed by atoms with Crippen molar-refractivity contribution in [1.82, 2.24) is 0 Å². The number of rotatable bonds is 9. The Bertz CT molecular complexity index is 622. The lowest BCUT2D eigenvalue weighted by atomic mass is 9.89. The first-order chi connectivity index (χ1) is 11.6. The van der Waals surface area contributed by atoms with Crippen molar-refractivity contribution in [2.75, 3.05) is 19.8 Å². The van der Waals surface area contributed by atoms with Crippen LogP contribution in [0.15, 0.2) is 4.42 Å². The Hall–Kier alpha value is -1.14. The van der Waals surface area contributed by atoms with Crippen LogP contribution in [0.3, 0.4) is 0 Å². The van der Waals surface area contributed by atoms with E-state index in [2.05, 4.69) is 0 Å². The van der Waals surface area contributed by atoms with Gasteiger partial charge in [0.1, 0.15) is 5.76 Å². The zero-order valence-corrected chi connectivity index (χ0v) is 16.9. The molecule has 0 saturated carbocycles. The Morgan fingerprint density at radius 2 is 1.64 bits per heavy atom. The molecule has 0 amide bonds. The van der Waals surface area contributed by atoms with Gasteiger partial charge in [-0.25, -0.2) is 4.79 Å². The summed E-state index contributed by atoms with van der Waals surface area (Å²) in [5.41, 5.74) is 6.54. The first-order valence-corrected chi connectivity index (χ1v) is 10.3. The second kappa shape index (κ2) is 8.99. The van der Waals surface area contributed by atoms with Crippen molar-refractivity contribution >= 4 is 13.6 Å². The van der Waals surface area contributed by atoms with Gasteiger partial charge in [0, 0.05) is 23.1 Å². The summed E-state index contributed by atoms with van der Waals surface area (Å²) in [6, 6.07) is 0. The summed E-state index contributed by atoms with van der Waals surface area (Å²) in [7, 11) is -3.38. The molecule has 7 nitrogen and oxygen atoms in total. The fraction of sp³-hybridized carbons (Fsp3) is 0.706. The third-order valence-corrected chi connectivity index (χ3v) is 5.47. The van der Waals surface area contributed by atoms with E-state index in [1.54, 1.807) is 20.8 Å². The molecule has 0 saturated heterocycles. The minimum Gasteiger partial charge on any atom is -0.460 e. The minimum atomic E-state index is -3.38. The molecule has 1 rings (SSSR count). The highest BCUT2D eigenvalue weighted by molar-refractivity contribution is 7.53. The molecule has 1 aromatic heterocycles. The molecule has 1 aromatic rings. The largest absolute Gasteiger partial charge is 0.460 e. The van der Waals surface area contributed by atoms with Gasteiger partial charge in [-0.3, -0.25) is 4.57 Å². The molecule has 0 unspecified atom stereocenters. The summed E-state index contributed by atoms with van der Waals surface area (Å²) >= 11 is 0. The molecule has 2 N–H and O–H groups in total. The van der Waals surface area contributed by atoms with Crippen molar-refractivity contribution in [2.45, 2.75) is 59.7 Å². The third-order valence-electron chi connectivity index (χ3n) is 3.47. The van der Waals surface area contributed by atoms with Crippen LogP contribution in [-0.2, 0) is 36.5 Å². The Balaban J connectivity index is 3.49. The highest BCUT2D eigenvalue weighted by atomic mass is 31.2. The fourth-order valence-electron chi connectivity index (χ4n) is 2.57. The molecule has 25 heavy (non-hydrogen) atoms. The average molecular weight is 375 g/mol. The third kappa shape index (κ3) is 5.42. The molecule has 0 aromatic carbocycles. The van der Waals surface area contributed by atoms with E-state index < -0.39 is 19.0 Å². The number of esters is 1. The maximum absolute atomic E-state index is 13.0. The predicted octanol–water partition coefficient (Wildman–Crippen LogP) is 3.98. The van der Waals surface area contributed by atoms with Gasteiger partial charge in [0.15, 0.2) is 0 Å². The molecule has 0 fully saturated rings. The zero-order chi connectivity index (χ0) is 19.3. The second-order valence-corrected chi connectivity index (χ2v) is 8.55. The number of furan rings is 1. The van der Waals surface area contributed by atoms with Gasteiger partial charge >= 0.3 is 13.6 Å². The summed E-state index contributed by atoms with van der Waals surface area (Å²) in [5.74, 6) is 0.0156. The van der Waals surface area contributed by atoms with Gasteiger partial charge in [0.05, 0.1) is 26.0 Å². The lowest BCUT2D eigenvalue weighted by molar-refractivity contribution is 0.0484. The Labute approximate surface area is 149 Å². The van der Waals surface area contributed by atoms with Crippen molar-refractivity contribution in [3.8, 4) is 0 Å². The number of hydrogen-bond acceptors (Lipinski definition) is 7. The molecule has 0 radical (unpaired) electrons. The highest BCUT2D eigenvalue weighted by Gasteiger charge is 2.36. The molecule has 0 spiro atoms. The van der Waals surface area contributed by atoms with E-state index in [1.165, 1.54) is 0 Å².